The molecule has 6 heteroatoms. The molecular weight excluding hydrogens is 267 g/mol. The van der Waals surface area contributed by atoms with E-state index in [4.69, 9.17) is 0 Å². The molecule has 0 saturated carbocycles. The lowest BCUT2D eigenvalue weighted by atomic mass is 10.0. The zero-order valence-electron chi connectivity index (χ0n) is 11.0. The Morgan fingerprint density at radius 3 is 2.85 bits per heavy atom. The van der Waals surface area contributed by atoms with Crippen LogP contribution in [0.15, 0.2) is 24.3 Å². The van der Waals surface area contributed by atoms with Crippen LogP contribution < -0.4 is 0 Å². The normalized spacial score (nSPS) is 18.9. The van der Waals surface area contributed by atoms with Crippen LogP contribution in [0.5, 0.6) is 0 Å². The quantitative estimate of drug-likeness (QED) is 0.800. The molecule has 0 aliphatic carbocycles. The Kier molecular flexibility index (Phi) is 3.03. The number of hydrogen-bond acceptors (Lipinski definition) is 2. The number of halogens is 3. The first-order chi connectivity index (χ1) is 9.43. The molecule has 2 aromatic rings. The van der Waals surface area contributed by atoms with Crippen LogP contribution in [0.2, 0.25) is 0 Å². The number of fused-ring (bicyclic) bond motifs is 1. The first-order valence-corrected chi connectivity index (χ1v) is 6.55. The third-order valence-electron chi connectivity index (χ3n) is 3.54. The smallest absolute Gasteiger partial charge is 0.249 e. The second kappa shape index (κ2) is 4.61. The molecule has 3 nitrogen and oxygen atoms in total. The summed E-state index contributed by atoms with van der Waals surface area (Å²) in [6.45, 7) is 2.91. The first kappa shape index (κ1) is 13.1. The highest BCUT2D eigenvalue weighted by atomic mass is 19.4. The van der Waals surface area contributed by atoms with E-state index in [-0.39, 0.29) is 0 Å². The fourth-order valence-electron chi connectivity index (χ4n) is 2.42. The molecule has 0 fully saturated rings. The molecule has 1 aliphatic rings. The van der Waals surface area contributed by atoms with Gasteiger partial charge in [0.05, 0.1) is 5.56 Å². The summed E-state index contributed by atoms with van der Waals surface area (Å²) in [4.78, 5) is 4.36. The van der Waals surface area contributed by atoms with Crippen LogP contribution in [-0.4, -0.2) is 14.8 Å². The minimum Gasteiger partial charge on any atom is -0.249 e. The molecule has 20 heavy (non-hydrogen) atoms. The molecule has 0 amide bonds. The Balaban J connectivity index is 1.98. The van der Waals surface area contributed by atoms with Crippen LogP contribution in [0.25, 0.3) is 11.4 Å². The van der Waals surface area contributed by atoms with Crippen LogP contribution in [0, 0.1) is 5.92 Å². The van der Waals surface area contributed by atoms with Crippen molar-refractivity contribution < 1.29 is 13.2 Å². The van der Waals surface area contributed by atoms with E-state index < -0.39 is 11.7 Å². The van der Waals surface area contributed by atoms with Gasteiger partial charge in [-0.25, -0.2) is 9.67 Å². The van der Waals surface area contributed by atoms with Crippen molar-refractivity contribution in [1.29, 1.82) is 0 Å². The summed E-state index contributed by atoms with van der Waals surface area (Å²) in [5, 5.41) is 4.33. The van der Waals surface area contributed by atoms with Crippen LogP contribution in [-0.2, 0) is 19.1 Å². The van der Waals surface area contributed by atoms with Crippen molar-refractivity contribution in [3.63, 3.8) is 0 Å². The molecular formula is C14H14F3N3. The molecule has 1 atom stereocenters. The van der Waals surface area contributed by atoms with E-state index in [1.165, 1.54) is 6.07 Å². The standard InChI is InChI=1S/C14H14F3N3/c1-9-5-6-12-18-13(19-20(12)8-9)10-3-2-4-11(7-10)14(15,16)17/h2-4,7,9H,5-6,8H2,1H3. The van der Waals surface area contributed by atoms with Crippen molar-refractivity contribution in [3.05, 3.63) is 35.7 Å². The summed E-state index contributed by atoms with van der Waals surface area (Å²) in [5.41, 5.74) is -0.259. The van der Waals surface area contributed by atoms with Crippen LogP contribution in [0.1, 0.15) is 24.7 Å². The molecule has 1 aliphatic heterocycles. The lowest BCUT2D eigenvalue weighted by Gasteiger charge is -2.17. The number of aromatic nitrogens is 3. The minimum absolute atomic E-state index is 0.375. The van der Waals surface area contributed by atoms with Gasteiger partial charge >= 0.3 is 6.18 Å². The van der Waals surface area contributed by atoms with E-state index in [0.717, 1.165) is 37.3 Å². The molecule has 0 radical (unpaired) electrons. The Morgan fingerprint density at radius 1 is 1.30 bits per heavy atom. The number of benzene rings is 1. The van der Waals surface area contributed by atoms with E-state index in [1.807, 2.05) is 4.68 Å². The summed E-state index contributed by atoms with van der Waals surface area (Å²) < 4.78 is 40.0. The molecule has 3 rings (SSSR count). The van der Waals surface area contributed by atoms with Gasteiger partial charge in [-0.2, -0.15) is 18.3 Å². The third-order valence-corrected chi connectivity index (χ3v) is 3.54. The van der Waals surface area contributed by atoms with E-state index >= 15 is 0 Å². The van der Waals surface area contributed by atoms with Gasteiger partial charge in [0, 0.05) is 18.5 Å². The van der Waals surface area contributed by atoms with Gasteiger partial charge in [0.15, 0.2) is 5.82 Å². The average molecular weight is 281 g/mol. The van der Waals surface area contributed by atoms with Crippen molar-refractivity contribution in [1.82, 2.24) is 14.8 Å². The van der Waals surface area contributed by atoms with Gasteiger partial charge in [0.25, 0.3) is 0 Å². The Labute approximate surface area is 114 Å². The highest BCUT2D eigenvalue weighted by Gasteiger charge is 2.31. The predicted molar refractivity (Wildman–Crippen MR) is 67.9 cm³/mol. The number of rotatable bonds is 1. The number of alkyl halides is 3. The van der Waals surface area contributed by atoms with Gasteiger partial charge in [-0.05, 0) is 24.5 Å². The summed E-state index contributed by atoms with van der Waals surface area (Å²) in [5.74, 6) is 1.76. The van der Waals surface area contributed by atoms with Crippen LogP contribution in [0.3, 0.4) is 0 Å². The second-order valence-corrected chi connectivity index (χ2v) is 5.26. The maximum atomic E-state index is 12.7. The van der Waals surface area contributed by atoms with Crippen molar-refractivity contribution in [3.8, 4) is 11.4 Å². The average Bonchev–Trinajstić information content (AvgIpc) is 2.81. The van der Waals surface area contributed by atoms with Crippen molar-refractivity contribution in [2.24, 2.45) is 5.92 Å². The molecule has 0 saturated heterocycles. The summed E-state index contributed by atoms with van der Waals surface area (Å²) in [6, 6.07) is 5.16. The third kappa shape index (κ3) is 2.42. The summed E-state index contributed by atoms with van der Waals surface area (Å²) in [7, 11) is 0. The van der Waals surface area contributed by atoms with Crippen molar-refractivity contribution in [2.45, 2.75) is 32.5 Å². The molecule has 1 aromatic carbocycles. The highest BCUT2D eigenvalue weighted by Crippen LogP contribution is 2.31. The van der Waals surface area contributed by atoms with Crippen molar-refractivity contribution in [2.75, 3.05) is 0 Å². The number of aryl methyl sites for hydroxylation is 1. The molecule has 0 bridgehead atoms. The monoisotopic (exact) mass is 281 g/mol. The Bertz CT molecular complexity index is 631. The largest absolute Gasteiger partial charge is 0.416 e. The highest BCUT2D eigenvalue weighted by molar-refractivity contribution is 5.56. The zero-order chi connectivity index (χ0) is 14.3. The SMILES string of the molecule is CC1CCc2nc(-c3cccc(C(F)(F)F)c3)nn2C1. The van der Waals surface area contributed by atoms with Gasteiger partial charge in [-0.1, -0.05) is 19.1 Å². The topological polar surface area (TPSA) is 30.7 Å². The minimum atomic E-state index is -4.34. The molecule has 2 heterocycles. The second-order valence-electron chi connectivity index (χ2n) is 5.26. The fraction of sp³-hybridized carbons (Fsp3) is 0.429. The summed E-state index contributed by atoms with van der Waals surface area (Å²) >= 11 is 0. The predicted octanol–water partition coefficient (Wildman–Crippen LogP) is 3.55. The maximum absolute atomic E-state index is 12.7. The van der Waals surface area contributed by atoms with Crippen LogP contribution in [0.4, 0.5) is 13.2 Å². The van der Waals surface area contributed by atoms with E-state index in [2.05, 4.69) is 17.0 Å². The number of nitrogens with zero attached hydrogens (tertiary/aromatic N) is 3. The molecule has 0 spiro atoms. The van der Waals surface area contributed by atoms with E-state index in [9.17, 15) is 13.2 Å². The lowest BCUT2D eigenvalue weighted by molar-refractivity contribution is -0.137. The van der Waals surface area contributed by atoms with Gasteiger partial charge < -0.3 is 0 Å². The maximum Gasteiger partial charge on any atom is 0.416 e. The molecule has 1 aromatic heterocycles. The van der Waals surface area contributed by atoms with Gasteiger partial charge in [0.2, 0.25) is 0 Å². The molecule has 106 valence electrons. The Morgan fingerprint density at radius 2 is 2.10 bits per heavy atom. The van der Waals surface area contributed by atoms with Crippen molar-refractivity contribution >= 4 is 0 Å². The Hall–Kier alpha value is -1.85. The summed E-state index contributed by atoms with van der Waals surface area (Å²) in [6.07, 6.45) is -2.47. The molecule has 1 unspecified atom stereocenters. The van der Waals surface area contributed by atoms with Gasteiger partial charge in [-0.3, -0.25) is 0 Å². The zero-order valence-corrected chi connectivity index (χ0v) is 11.0. The number of hydrogen-bond donors (Lipinski definition) is 0. The van der Waals surface area contributed by atoms with E-state index in [1.54, 1.807) is 6.07 Å². The van der Waals surface area contributed by atoms with Gasteiger partial charge in [-0.15, -0.1) is 0 Å². The first-order valence-electron chi connectivity index (χ1n) is 6.55. The van der Waals surface area contributed by atoms with Crippen LogP contribution >= 0.6 is 0 Å². The fourth-order valence-corrected chi connectivity index (χ4v) is 2.42. The van der Waals surface area contributed by atoms with Gasteiger partial charge in [0.1, 0.15) is 5.82 Å². The lowest BCUT2D eigenvalue weighted by Crippen LogP contribution is -2.18. The van der Waals surface area contributed by atoms with E-state index in [0.29, 0.717) is 17.3 Å². The molecule has 0 N–H and O–H groups in total.